The molecule has 2 aromatic heterocycles. The first-order chi connectivity index (χ1) is 14.9. The monoisotopic (exact) mass is 442 g/mol. The maximum atomic E-state index is 13.6. The SMILES string of the molecule is COc1cnc2[nH]cc(C(C)CC(=O)N3C(CCC#N)CC4(C)CCCC3C4)c2c1Cl. The zero-order valence-electron chi connectivity index (χ0n) is 18.6. The second-order valence-corrected chi connectivity index (χ2v) is 10.0. The van der Waals surface area contributed by atoms with Crippen LogP contribution in [0.3, 0.4) is 0 Å². The van der Waals surface area contributed by atoms with Gasteiger partial charge < -0.3 is 14.6 Å². The summed E-state index contributed by atoms with van der Waals surface area (Å²) in [6.07, 6.45) is 10.7. The van der Waals surface area contributed by atoms with Gasteiger partial charge in [-0.05, 0) is 49.0 Å². The molecule has 4 unspecified atom stereocenters. The molecule has 2 aliphatic rings. The van der Waals surface area contributed by atoms with Crippen molar-refractivity contribution in [1.82, 2.24) is 14.9 Å². The number of H-pyrrole nitrogens is 1. The van der Waals surface area contributed by atoms with E-state index in [1.807, 2.05) is 6.20 Å². The van der Waals surface area contributed by atoms with Crippen molar-refractivity contribution in [3.05, 3.63) is 23.0 Å². The molecule has 6 nitrogen and oxygen atoms in total. The first kappa shape index (κ1) is 22.0. The third-order valence-corrected chi connectivity index (χ3v) is 7.68. The number of amides is 1. The van der Waals surface area contributed by atoms with Gasteiger partial charge in [-0.2, -0.15) is 5.26 Å². The molecule has 0 aromatic carbocycles. The fourth-order valence-corrected chi connectivity index (χ4v) is 6.20. The molecule has 1 aliphatic carbocycles. The van der Waals surface area contributed by atoms with E-state index in [9.17, 15) is 4.79 Å². The molecular formula is C24H31ClN4O2. The number of aromatic amines is 1. The fourth-order valence-electron chi connectivity index (χ4n) is 5.88. The van der Waals surface area contributed by atoms with E-state index in [0.717, 1.165) is 36.6 Å². The molecule has 1 saturated heterocycles. The number of nitrogens with one attached hydrogen (secondary N) is 1. The summed E-state index contributed by atoms with van der Waals surface area (Å²) in [7, 11) is 1.57. The first-order valence-corrected chi connectivity index (χ1v) is 11.6. The molecule has 2 fully saturated rings. The summed E-state index contributed by atoms with van der Waals surface area (Å²) in [5.74, 6) is 0.703. The lowest BCUT2D eigenvalue weighted by Gasteiger charge is -2.53. The van der Waals surface area contributed by atoms with E-state index >= 15 is 0 Å². The van der Waals surface area contributed by atoms with E-state index in [4.69, 9.17) is 21.6 Å². The van der Waals surface area contributed by atoms with Crippen molar-refractivity contribution in [3.8, 4) is 11.8 Å². The Balaban J connectivity index is 1.58. The predicted octanol–water partition coefficient (Wildman–Crippen LogP) is 5.57. The number of rotatable bonds is 6. The van der Waals surface area contributed by atoms with E-state index in [-0.39, 0.29) is 17.9 Å². The van der Waals surface area contributed by atoms with Crippen LogP contribution in [0.1, 0.15) is 76.7 Å². The molecule has 1 amide bonds. The number of hydrogen-bond donors (Lipinski definition) is 1. The third kappa shape index (κ3) is 4.13. The zero-order chi connectivity index (χ0) is 22.2. The summed E-state index contributed by atoms with van der Waals surface area (Å²) < 4.78 is 5.33. The number of piperidine rings is 1. The first-order valence-electron chi connectivity index (χ1n) is 11.2. The molecule has 2 aromatic rings. The quantitative estimate of drug-likeness (QED) is 0.633. The van der Waals surface area contributed by atoms with E-state index in [0.29, 0.717) is 40.7 Å². The molecular weight excluding hydrogens is 412 g/mol. The van der Waals surface area contributed by atoms with Gasteiger partial charge >= 0.3 is 0 Å². The standard InChI is InChI=1S/C24H31ClN4O2/c1-15(18-13-27-23-21(18)22(25)19(31-3)14-28-23)10-20(30)29-16-6-4-8-24(2,11-16)12-17(29)7-5-9-26/h13-17H,4-8,10-12H2,1-3H3,(H,27,28). The van der Waals surface area contributed by atoms with Gasteiger partial charge in [-0.1, -0.05) is 31.9 Å². The summed E-state index contributed by atoms with van der Waals surface area (Å²) in [6.45, 7) is 4.42. The Labute approximate surface area is 188 Å². The van der Waals surface area contributed by atoms with Crippen molar-refractivity contribution in [2.45, 2.75) is 83.2 Å². The van der Waals surface area contributed by atoms with Gasteiger partial charge in [0.15, 0.2) is 5.75 Å². The normalized spacial score (nSPS) is 26.5. The number of ether oxygens (including phenoxy) is 1. The van der Waals surface area contributed by atoms with Crippen LogP contribution in [0.5, 0.6) is 5.75 Å². The Hall–Kier alpha value is -2.26. The zero-order valence-corrected chi connectivity index (χ0v) is 19.3. The molecule has 2 bridgehead atoms. The number of carbonyl (C=O) groups excluding carboxylic acids is 1. The molecule has 4 rings (SSSR count). The maximum absolute atomic E-state index is 13.6. The van der Waals surface area contributed by atoms with Crippen LogP contribution in [0.15, 0.2) is 12.4 Å². The van der Waals surface area contributed by atoms with Gasteiger partial charge in [0.05, 0.1) is 24.4 Å². The second kappa shape index (κ2) is 8.70. The Morgan fingerprint density at radius 2 is 2.32 bits per heavy atom. The third-order valence-electron chi connectivity index (χ3n) is 7.31. The molecule has 3 heterocycles. The fraction of sp³-hybridized carbons (Fsp3) is 0.625. The lowest BCUT2D eigenvalue weighted by Crippen LogP contribution is -2.56. The van der Waals surface area contributed by atoms with E-state index < -0.39 is 0 Å². The Bertz CT molecular complexity index is 1010. The number of carbonyl (C=O) groups is 1. The number of likely N-dealkylation sites (tertiary alicyclic amines) is 1. The topological polar surface area (TPSA) is 82.0 Å². The Morgan fingerprint density at radius 3 is 3.06 bits per heavy atom. The number of methoxy groups -OCH3 is 1. The van der Waals surface area contributed by atoms with Crippen molar-refractivity contribution in [3.63, 3.8) is 0 Å². The largest absolute Gasteiger partial charge is 0.494 e. The van der Waals surface area contributed by atoms with Crippen molar-refractivity contribution in [1.29, 1.82) is 5.26 Å². The smallest absolute Gasteiger partial charge is 0.223 e. The minimum atomic E-state index is -0.0128. The molecule has 31 heavy (non-hydrogen) atoms. The Morgan fingerprint density at radius 1 is 1.52 bits per heavy atom. The van der Waals surface area contributed by atoms with Crippen LogP contribution in [0, 0.1) is 16.7 Å². The molecule has 1 N–H and O–H groups in total. The highest BCUT2D eigenvalue weighted by Crippen LogP contribution is 2.48. The van der Waals surface area contributed by atoms with Crippen LogP contribution in [0.2, 0.25) is 5.02 Å². The number of nitriles is 1. The summed E-state index contributed by atoms with van der Waals surface area (Å²) >= 11 is 6.57. The average Bonchev–Trinajstić information content (AvgIpc) is 3.17. The van der Waals surface area contributed by atoms with Gasteiger partial charge in [-0.25, -0.2) is 4.98 Å². The van der Waals surface area contributed by atoms with Gasteiger partial charge in [0.1, 0.15) is 5.65 Å². The summed E-state index contributed by atoms with van der Waals surface area (Å²) in [4.78, 5) is 23.3. The van der Waals surface area contributed by atoms with Crippen LogP contribution in [-0.2, 0) is 4.79 Å². The average molecular weight is 443 g/mol. The highest BCUT2D eigenvalue weighted by atomic mass is 35.5. The molecule has 7 heteroatoms. The van der Waals surface area contributed by atoms with Crippen molar-refractivity contribution < 1.29 is 9.53 Å². The molecule has 0 spiro atoms. The van der Waals surface area contributed by atoms with Gasteiger partial charge in [-0.15, -0.1) is 0 Å². The van der Waals surface area contributed by atoms with Gasteiger partial charge in [0, 0.05) is 36.5 Å². The van der Waals surface area contributed by atoms with Gasteiger partial charge in [-0.3, -0.25) is 4.79 Å². The van der Waals surface area contributed by atoms with Crippen LogP contribution >= 0.6 is 11.6 Å². The predicted molar refractivity (Wildman–Crippen MR) is 121 cm³/mol. The number of pyridine rings is 1. The number of aromatic nitrogens is 2. The van der Waals surface area contributed by atoms with E-state index in [1.54, 1.807) is 13.3 Å². The minimum absolute atomic E-state index is 0.0128. The highest BCUT2D eigenvalue weighted by molar-refractivity contribution is 6.37. The van der Waals surface area contributed by atoms with Crippen molar-refractivity contribution >= 4 is 28.5 Å². The molecule has 0 radical (unpaired) electrons. The van der Waals surface area contributed by atoms with E-state index in [1.165, 1.54) is 12.8 Å². The van der Waals surface area contributed by atoms with Crippen LogP contribution in [0.4, 0.5) is 0 Å². The van der Waals surface area contributed by atoms with Gasteiger partial charge in [0.25, 0.3) is 0 Å². The van der Waals surface area contributed by atoms with Crippen LogP contribution in [-0.4, -0.2) is 40.0 Å². The van der Waals surface area contributed by atoms with Crippen molar-refractivity contribution in [2.75, 3.05) is 7.11 Å². The minimum Gasteiger partial charge on any atom is -0.494 e. The lowest BCUT2D eigenvalue weighted by molar-refractivity contribution is -0.144. The van der Waals surface area contributed by atoms with Gasteiger partial charge in [0.2, 0.25) is 5.91 Å². The number of halogens is 1. The van der Waals surface area contributed by atoms with Crippen LogP contribution in [0.25, 0.3) is 11.0 Å². The molecule has 1 saturated carbocycles. The summed E-state index contributed by atoms with van der Waals surface area (Å²) in [6, 6.07) is 2.74. The summed E-state index contributed by atoms with van der Waals surface area (Å²) in [5.41, 5.74) is 1.99. The lowest BCUT2D eigenvalue weighted by atomic mass is 9.65. The van der Waals surface area contributed by atoms with Crippen LogP contribution < -0.4 is 4.74 Å². The molecule has 4 atom stereocenters. The summed E-state index contributed by atoms with van der Waals surface area (Å²) in [5, 5.41) is 10.5. The molecule has 1 aliphatic heterocycles. The molecule has 166 valence electrons. The number of fused-ring (bicyclic) bond motifs is 3. The number of hydrogen-bond acceptors (Lipinski definition) is 4. The van der Waals surface area contributed by atoms with E-state index in [2.05, 4.69) is 34.8 Å². The maximum Gasteiger partial charge on any atom is 0.223 e. The Kier molecular flexibility index (Phi) is 6.16. The second-order valence-electron chi connectivity index (χ2n) is 9.63. The van der Waals surface area contributed by atoms with Crippen molar-refractivity contribution in [2.24, 2.45) is 5.41 Å². The number of nitrogens with zero attached hydrogens (tertiary/aromatic N) is 3. The highest BCUT2D eigenvalue weighted by Gasteiger charge is 2.45.